The number of piperazine rings is 1. The zero-order valence-corrected chi connectivity index (χ0v) is 22.9. The lowest BCUT2D eigenvalue weighted by Crippen LogP contribution is -2.50. The number of rotatable bonds is 8. The lowest BCUT2D eigenvalue weighted by molar-refractivity contribution is -0.384. The maximum Gasteiger partial charge on any atom is 0.269 e. The first-order valence-corrected chi connectivity index (χ1v) is 13.7. The van der Waals surface area contributed by atoms with Crippen molar-refractivity contribution in [1.82, 2.24) is 14.9 Å². The Kier molecular flexibility index (Phi) is 8.15. The maximum absolute atomic E-state index is 13.5. The summed E-state index contributed by atoms with van der Waals surface area (Å²) >= 11 is 0. The number of hydrogen-bond donors (Lipinski definition) is 0. The molecule has 1 aliphatic heterocycles. The third-order valence-corrected chi connectivity index (χ3v) is 7.55. The monoisotopic (exact) mass is 535 g/mol. The van der Waals surface area contributed by atoms with Crippen molar-refractivity contribution < 1.29 is 9.72 Å². The second kappa shape index (κ2) is 12.1. The molecule has 1 amide bonds. The second-order valence-electron chi connectivity index (χ2n) is 10.1. The van der Waals surface area contributed by atoms with Crippen molar-refractivity contribution in [3.05, 3.63) is 117 Å². The summed E-state index contributed by atoms with van der Waals surface area (Å²) in [7, 11) is 0. The van der Waals surface area contributed by atoms with E-state index in [0.717, 1.165) is 40.2 Å². The predicted octanol–water partition coefficient (Wildman–Crippen LogP) is 5.79. The van der Waals surface area contributed by atoms with Gasteiger partial charge in [0, 0.05) is 61.6 Å². The van der Waals surface area contributed by atoms with Crippen LogP contribution in [-0.2, 0) is 11.2 Å². The fourth-order valence-corrected chi connectivity index (χ4v) is 5.30. The van der Waals surface area contributed by atoms with E-state index in [1.165, 1.54) is 12.1 Å². The summed E-state index contributed by atoms with van der Waals surface area (Å²) in [6.45, 7) is 6.60. The van der Waals surface area contributed by atoms with Gasteiger partial charge in [-0.2, -0.15) is 0 Å². The van der Waals surface area contributed by atoms with Crippen LogP contribution in [0.25, 0.3) is 11.4 Å². The fraction of sp³-hybridized carbons (Fsp3) is 0.281. The molecule has 8 nitrogen and oxygen atoms in total. The van der Waals surface area contributed by atoms with Gasteiger partial charge in [-0.25, -0.2) is 9.97 Å². The summed E-state index contributed by atoms with van der Waals surface area (Å²) in [5.41, 5.74) is 4.88. The highest BCUT2D eigenvalue weighted by Gasteiger charge is 2.29. The van der Waals surface area contributed by atoms with Gasteiger partial charge in [0.15, 0.2) is 5.82 Å². The number of hydrogen-bond acceptors (Lipinski definition) is 6. The molecule has 0 aliphatic carbocycles. The van der Waals surface area contributed by atoms with E-state index in [-0.39, 0.29) is 22.4 Å². The molecular formula is C32H33N5O3. The zero-order valence-electron chi connectivity index (χ0n) is 22.9. The molecule has 40 heavy (non-hydrogen) atoms. The summed E-state index contributed by atoms with van der Waals surface area (Å²) < 4.78 is 0. The second-order valence-corrected chi connectivity index (χ2v) is 10.1. The average molecular weight is 536 g/mol. The SMILES string of the molecule is CC[C@H](C(=O)N1CCN(c2nc(-c3ccccc3)nc(C)c2Cc2ccc([N+](=O)[O-])cc2)CC1)c1ccccc1. The quantitative estimate of drug-likeness (QED) is 0.209. The summed E-state index contributed by atoms with van der Waals surface area (Å²) in [6, 6.07) is 26.6. The van der Waals surface area contributed by atoms with E-state index >= 15 is 0 Å². The minimum atomic E-state index is -0.389. The molecule has 1 atom stereocenters. The van der Waals surface area contributed by atoms with Crippen LogP contribution in [0.1, 0.15) is 41.6 Å². The summed E-state index contributed by atoms with van der Waals surface area (Å²) in [5, 5.41) is 11.1. The molecule has 0 unspecified atom stereocenters. The number of nitrogens with zero attached hydrogens (tertiary/aromatic N) is 5. The van der Waals surface area contributed by atoms with Crippen LogP contribution in [0.4, 0.5) is 11.5 Å². The number of non-ortho nitro benzene ring substituents is 1. The minimum absolute atomic E-state index is 0.0676. The van der Waals surface area contributed by atoms with Gasteiger partial charge in [-0.1, -0.05) is 79.7 Å². The van der Waals surface area contributed by atoms with Gasteiger partial charge in [-0.05, 0) is 24.5 Å². The van der Waals surface area contributed by atoms with Crippen LogP contribution < -0.4 is 4.90 Å². The largest absolute Gasteiger partial charge is 0.353 e. The molecule has 8 heteroatoms. The lowest BCUT2D eigenvalue weighted by atomic mass is 9.94. The maximum atomic E-state index is 13.5. The number of nitro benzene ring substituents is 1. The zero-order chi connectivity index (χ0) is 28.1. The van der Waals surface area contributed by atoms with Crippen molar-refractivity contribution in [2.75, 3.05) is 31.1 Å². The van der Waals surface area contributed by atoms with Crippen LogP contribution in [0, 0.1) is 17.0 Å². The first-order chi connectivity index (χ1) is 19.4. The molecule has 204 valence electrons. The molecule has 1 aliphatic rings. The molecule has 0 N–H and O–H groups in total. The number of amides is 1. The molecule has 3 aromatic carbocycles. The third kappa shape index (κ3) is 5.86. The van der Waals surface area contributed by atoms with Crippen LogP contribution in [0.3, 0.4) is 0 Å². The highest BCUT2D eigenvalue weighted by atomic mass is 16.6. The first kappa shape index (κ1) is 27.0. The molecule has 0 bridgehead atoms. The molecule has 0 radical (unpaired) electrons. The molecule has 0 spiro atoms. The molecule has 4 aromatic rings. The van der Waals surface area contributed by atoms with Crippen molar-refractivity contribution in [3.8, 4) is 11.4 Å². The molecule has 1 saturated heterocycles. The smallest absolute Gasteiger partial charge is 0.269 e. The Morgan fingerprint density at radius 1 is 0.900 bits per heavy atom. The van der Waals surface area contributed by atoms with Gasteiger partial charge in [-0.3, -0.25) is 14.9 Å². The Bertz CT molecular complexity index is 1470. The normalized spacial score (nSPS) is 14.2. The van der Waals surface area contributed by atoms with E-state index < -0.39 is 0 Å². The highest BCUT2D eigenvalue weighted by Crippen LogP contribution is 2.30. The number of nitro groups is 1. The molecule has 0 saturated carbocycles. The molecular weight excluding hydrogens is 502 g/mol. The average Bonchev–Trinajstić information content (AvgIpc) is 2.99. The van der Waals surface area contributed by atoms with Crippen LogP contribution in [0.15, 0.2) is 84.9 Å². The van der Waals surface area contributed by atoms with Gasteiger partial charge in [0.05, 0.1) is 10.8 Å². The minimum Gasteiger partial charge on any atom is -0.353 e. The summed E-state index contributed by atoms with van der Waals surface area (Å²) in [4.78, 5) is 38.3. The molecule has 1 aromatic heterocycles. The van der Waals surface area contributed by atoms with Gasteiger partial charge in [0.25, 0.3) is 5.69 Å². The number of aryl methyl sites for hydroxylation is 1. The van der Waals surface area contributed by atoms with E-state index in [1.807, 2.05) is 72.5 Å². The van der Waals surface area contributed by atoms with E-state index in [0.29, 0.717) is 38.4 Å². The van der Waals surface area contributed by atoms with E-state index in [9.17, 15) is 14.9 Å². The topological polar surface area (TPSA) is 92.5 Å². The Morgan fingerprint density at radius 3 is 2.12 bits per heavy atom. The predicted molar refractivity (Wildman–Crippen MR) is 156 cm³/mol. The lowest BCUT2D eigenvalue weighted by Gasteiger charge is -2.38. The van der Waals surface area contributed by atoms with Crippen LogP contribution in [0.5, 0.6) is 0 Å². The summed E-state index contributed by atoms with van der Waals surface area (Å²) in [6.07, 6.45) is 1.31. The van der Waals surface area contributed by atoms with E-state index in [1.54, 1.807) is 12.1 Å². The van der Waals surface area contributed by atoms with E-state index in [2.05, 4.69) is 11.8 Å². The van der Waals surface area contributed by atoms with Crippen LogP contribution in [-0.4, -0.2) is 51.9 Å². The molecule has 5 rings (SSSR count). The summed E-state index contributed by atoms with van der Waals surface area (Å²) in [5.74, 6) is 1.54. The third-order valence-electron chi connectivity index (χ3n) is 7.55. The van der Waals surface area contributed by atoms with Gasteiger partial charge in [-0.15, -0.1) is 0 Å². The van der Waals surface area contributed by atoms with Crippen LogP contribution in [0.2, 0.25) is 0 Å². The van der Waals surface area contributed by atoms with Crippen molar-refractivity contribution in [2.24, 2.45) is 0 Å². The van der Waals surface area contributed by atoms with Crippen molar-refractivity contribution >= 4 is 17.4 Å². The number of carbonyl (C=O) groups is 1. The number of anilines is 1. The molecule has 1 fully saturated rings. The number of carbonyl (C=O) groups excluding carboxylic acids is 1. The van der Waals surface area contributed by atoms with Gasteiger partial charge in [0.2, 0.25) is 5.91 Å². The van der Waals surface area contributed by atoms with Gasteiger partial charge >= 0.3 is 0 Å². The van der Waals surface area contributed by atoms with Gasteiger partial charge < -0.3 is 9.80 Å². The Balaban J connectivity index is 1.41. The fourth-order valence-electron chi connectivity index (χ4n) is 5.30. The van der Waals surface area contributed by atoms with Crippen molar-refractivity contribution in [2.45, 2.75) is 32.6 Å². The Hall–Kier alpha value is -4.59. The van der Waals surface area contributed by atoms with Crippen molar-refractivity contribution in [1.29, 1.82) is 0 Å². The van der Waals surface area contributed by atoms with Crippen molar-refractivity contribution in [3.63, 3.8) is 0 Å². The van der Waals surface area contributed by atoms with E-state index in [4.69, 9.17) is 9.97 Å². The number of aromatic nitrogens is 2. The number of benzene rings is 3. The highest BCUT2D eigenvalue weighted by molar-refractivity contribution is 5.84. The Morgan fingerprint density at radius 2 is 1.52 bits per heavy atom. The Labute approximate surface area is 234 Å². The standard InChI is InChI=1S/C32H33N5O3/c1-3-28(25-10-6-4-7-11-25)32(38)36-20-18-35(19-21-36)31-29(22-24-14-16-27(17-15-24)37(39)40)23(2)33-30(34-31)26-12-8-5-9-13-26/h4-17,28H,3,18-22H2,1-2H3/t28-/m0/s1. The molecule has 2 heterocycles. The van der Waals surface area contributed by atoms with Crippen LogP contribution >= 0.6 is 0 Å². The van der Waals surface area contributed by atoms with Gasteiger partial charge in [0.1, 0.15) is 5.82 Å². The first-order valence-electron chi connectivity index (χ1n) is 13.7.